The standard InChI is InChI=1S/C13H19BrN2O2/c1-18-12-5-10(4-11(14)13(12)17)8-16-3-2-9(6-15)7-16/h4-5,9,17H,2-3,6-8,15H2,1H3. The highest BCUT2D eigenvalue weighted by Crippen LogP contribution is 2.35. The minimum absolute atomic E-state index is 0.155. The number of phenolic OH excluding ortho intramolecular Hbond substituents is 1. The van der Waals surface area contributed by atoms with Gasteiger partial charge in [0.15, 0.2) is 11.5 Å². The zero-order valence-corrected chi connectivity index (χ0v) is 12.1. The second-order valence-electron chi connectivity index (χ2n) is 4.75. The number of phenols is 1. The number of halogens is 1. The molecule has 5 heteroatoms. The van der Waals surface area contributed by atoms with Crippen molar-refractivity contribution in [2.24, 2.45) is 11.7 Å². The van der Waals surface area contributed by atoms with Gasteiger partial charge in [0.2, 0.25) is 0 Å². The summed E-state index contributed by atoms with van der Waals surface area (Å²) >= 11 is 3.34. The van der Waals surface area contributed by atoms with Gasteiger partial charge < -0.3 is 15.6 Å². The molecule has 1 aliphatic heterocycles. The molecule has 0 aliphatic carbocycles. The minimum atomic E-state index is 0.155. The van der Waals surface area contributed by atoms with Gasteiger partial charge in [-0.1, -0.05) is 0 Å². The van der Waals surface area contributed by atoms with E-state index in [1.165, 1.54) is 6.42 Å². The third-order valence-corrected chi connectivity index (χ3v) is 4.02. The predicted molar refractivity (Wildman–Crippen MR) is 74.8 cm³/mol. The van der Waals surface area contributed by atoms with Gasteiger partial charge in [0.25, 0.3) is 0 Å². The van der Waals surface area contributed by atoms with Gasteiger partial charge in [-0.05, 0) is 59.1 Å². The average Bonchev–Trinajstić information content (AvgIpc) is 2.81. The monoisotopic (exact) mass is 314 g/mol. The summed E-state index contributed by atoms with van der Waals surface area (Å²) in [5.74, 6) is 1.28. The second-order valence-corrected chi connectivity index (χ2v) is 5.61. The molecule has 0 aromatic heterocycles. The summed E-state index contributed by atoms with van der Waals surface area (Å²) in [6.07, 6.45) is 1.17. The van der Waals surface area contributed by atoms with Gasteiger partial charge in [-0.2, -0.15) is 0 Å². The van der Waals surface area contributed by atoms with Crippen LogP contribution in [0.25, 0.3) is 0 Å². The van der Waals surface area contributed by atoms with Gasteiger partial charge in [-0.15, -0.1) is 0 Å². The molecule has 2 rings (SSSR count). The van der Waals surface area contributed by atoms with Crippen molar-refractivity contribution in [2.75, 3.05) is 26.7 Å². The number of rotatable bonds is 4. The van der Waals surface area contributed by atoms with Crippen molar-refractivity contribution in [1.29, 1.82) is 0 Å². The highest BCUT2D eigenvalue weighted by atomic mass is 79.9. The van der Waals surface area contributed by atoms with Crippen LogP contribution in [-0.2, 0) is 6.54 Å². The number of likely N-dealkylation sites (tertiary alicyclic amines) is 1. The fourth-order valence-corrected chi connectivity index (χ4v) is 2.87. The van der Waals surface area contributed by atoms with E-state index in [4.69, 9.17) is 10.5 Å². The van der Waals surface area contributed by atoms with Gasteiger partial charge >= 0.3 is 0 Å². The molecule has 18 heavy (non-hydrogen) atoms. The SMILES string of the molecule is COc1cc(CN2CCC(CN)C2)cc(Br)c1O. The fourth-order valence-electron chi connectivity index (χ4n) is 2.38. The molecule has 0 saturated carbocycles. The van der Waals surface area contributed by atoms with Gasteiger partial charge in [0.05, 0.1) is 11.6 Å². The second kappa shape index (κ2) is 5.91. The van der Waals surface area contributed by atoms with Gasteiger partial charge in [-0.3, -0.25) is 4.90 Å². The number of nitrogens with two attached hydrogens (primary N) is 1. The van der Waals surface area contributed by atoms with Crippen molar-refractivity contribution in [1.82, 2.24) is 4.90 Å². The summed E-state index contributed by atoms with van der Waals surface area (Å²) in [5.41, 5.74) is 6.83. The summed E-state index contributed by atoms with van der Waals surface area (Å²) < 4.78 is 5.83. The molecular formula is C13H19BrN2O2. The lowest BCUT2D eigenvalue weighted by Gasteiger charge is -2.17. The van der Waals surface area contributed by atoms with E-state index in [1.807, 2.05) is 12.1 Å². The Morgan fingerprint density at radius 2 is 2.33 bits per heavy atom. The number of hydrogen-bond acceptors (Lipinski definition) is 4. The Morgan fingerprint density at radius 3 is 2.94 bits per heavy atom. The molecule has 1 heterocycles. The smallest absolute Gasteiger partial charge is 0.172 e. The normalized spacial score (nSPS) is 20.3. The van der Waals surface area contributed by atoms with Crippen LogP contribution in [0.4, 0.5) is 0 Å². The molecular weight excluding hydrogens is 296 g/mol. The first kappa shape index (κ1) is 13.6. The molecule has 1 aromatic rings. The maximum atomic E-state index is 9.76. The zero-order valence-electron chi connectivity index (χ0n) is 10.5. The summed E-state index contributed by atoms with van der Waals surface area (Å²) in [7, 11) is 1.56. The van der Waals surface area contributed by atoms with Crippen LogP contribution in [0.15, 0.2) is 16.6 Å². The van der Waals surface area contributed by atoms with Crippen LogP contribution < -0.4 is 10.5 Å². The maximum Gasteiger partial charge on any atom is 0.172 e. The highest BCUT2D eigenvalue weighted by molar-refractivity contribution is 9.10. The van der Waals surface area contributed by atoms with E-state index in [0.29, 0.717) is 16.1 Å². The van der Waals surface area contributed by atoms with Crippen molar-refractivity contribution in [3.05, 3.63) is 22.2 Å². The fraction of sp³-hybridized carbons (Fsp3) is 0.538. The van der Waals surface area contributed by atoms with E-state index in [1.54, 1.807) is 7.11 Å². The van der Waals surface area contributed by atoms with Gasteiger partial charge in [0.1, 0.15) is 0 Å². The van der Waals surface area contributed by atoms with Crippen LogP contribution in [0.3, 0.4) is 0 Å². The quantitative estimate of drug-likeness (QED) is 0.891. The average molecular weight is 315 g/mol. The Balaban J connectivity index is 2.08. The largest absolute Gasteiger partial charge is 0.503 e. The van der Waals surface area contributed by atoms with Crippen LogP contribution in [0, 0.1) is 5.92 Å². The van der Waals surface area contributed by atoms with E-state index in [9.17, 15) is 5.11 Å². The first-order valence-corrected chi connectivity index (χ1v) is 6.91. The topological polar surface area (TPSA) is 58.7 Å². The lowest BCUT2D eigenvalue weighted by Crippen LogP contribution is -2.22. The van der Waals surface area contributed by atoms with Crippen molar-refractivity contribution in [3.63, 3.8) is 0 Å². The molecule has 100 valence electrons. The molecule has 0 amide bonds. The first-order valence-electron chi connectivity index (χ1n) is 6.11. The Bertz CT molecular complexity index is 426. The number of ether oxygens (including phenoxy) is 1. The minimum Gasteiger partial charge on any atom is -0.503 e. The molecule has 0 spiro atoms. The van der Waals surface area contributed by atoms with Crippen molar-refractivity contribution in [3.8, 4) is 11.5 Å². The molecule has 0 bridgehead atoms. The number of hydrogen-bond donors (Lipinski definition) is 2. The van der Waals surface area contributed by atoms with Crippen LogP contribution in [0.1, 0.15) is 12.0 Å². The number of aromatic hydroxyl groups is 1. The lowest BCUT2D eigenvalue weighted by molar-refractivity contribution is 0.316. The summed E-state index contributed by atoms with van der Waals surface area (Å²) in [4.78, 5) is 2.38. The Morgan fingerprint density at radius 1 is 1.56 bits per heavy atom. The Kier molecular flexibility index (Phi) is 4.48. The van der Waals surface area contributed by atoms with E-state index < -0.39 is 0 Å². The Hall–Kier alpha value is -0.780. The van der Waals surface area contributed by atoms with Crippen LogP contribution in [0.2, 0.25) is 0 Å². The van der Waals surface area contributed by atoms with Crippen LogP contribution in [-0.4, -0.2) is 36.8 Å². The van der Waals surface area contributed by atoms with E-state index in [0.717, 1.165) is 31.7 Å². The molecule has 3 N–H and O–H groups in total. The molecule has 1 aliphatic rings. The number of nitrogens with zero attached hydrogens (tertiary/aromatic N) is 1. The highest BCUT2D eigenvalue weighted by Gasteiger charge is 2.21. The van der Waals surface area contributed by atoms with Crippen molar-refractivity contribution in [2.45, 2.75) is 13.0 Å². The van der Waals surface area contributed by atoms with Crippen molar-refractivity contribution >= 4 is 15.9 Å². The molecule has 4 nitrogen and oxygen atoms in total. The zero-order chi connectivity index (χ0) is 13.1. The predicted octanol–water partition coefficient (Wildman–Crippen LogP) is 1.94. The summed E-state index contributed by atoms with van der Waals surface area (Å²) in [6.45, 7) is 3.77. The van der Waals surface area contributed by atoms with Gasteiger partial charge in [0, 0.05) is 13.1 Å². The third-order valence-electron chi connectivity index (χ3n) is 3.42. The first-order chi connectivity index (χ1) is 8.63. The molecule has 1 unspecified atom stereocenters. The molecule has 1 atom stereocenters. The molecule has 1 saturated heterocycles. The number of methoxy groups -OCH3 is 1. The van der Waals surface area contributed by atoms with Gasteiger partial charge in [-0.25, -0.2) is 0 Å². The third kappa shape index (κ3) is 2.96. The molecule has 1 fully saturated rings. The summed E-state index contributed by atoms with van der Waals surface area (Å²) in [6, 6.07) is 3.82. The lowest BCUT2D eigenvalue weighted by atomic mass is 10.1. The number of benzene rings is 1. The van der Waals surface area contributed by atoms with Crippen molar-refractivity contribution < 1.29 is 9.84 Å². The van der Waals surface area contributed by atoms with E-state index in [2.05, 4.69) is 20.8 Å². The Labute approximate surface area is 116 Å². The van der Waals surface area contributed by atoms with Crippen LogP contribution >= 0.6 is 15.9 Å². The van der Waals surface area contributed by atoms with E-state index >= 15 is 0 Å². The molecule has 1 aromatic carbocycles. The maximum absolute atomic E-state index is 9.76. The van der Waals surface area contributed by atoms with E-state index in [-0.39, 0.29) is 5.75 Å². The molecule has 0 radical (unpaired) electrons. The summed E-state index contributed by atoms with van der Waals surface area (Å²) in [5, 5.41) is 9.76. The van der Waals surface area contributed by atoms with Crippen LogP contribution in [0.5, 0.6) is 11.5 Å².